The zero-order chi connectivity index (χ0) is 17.8. The van der Waals surface area contributed by atoms with Gasteiger partial charge in [0.25, 0.3) is 5.91 Å². The van der Waals surface area contributed by atoms with Gasteiger partial charge in [-0.25, -0.2) is 0 Å². The van der Waals surface area contributed by atoms with E-state index in [0.717, 1.165) is 45.2 Å². The van der Waals surface area contributed by atoms with E-state index in [0.29, 0.717) is 12.5 Å². The van der Waals surface area contributed by atoms with Crippen LogP contribution >= 0.6 is 0 Å². The van der Waals surface area contributed by atoms with E-state index < -0.39 is 6.10 Å². The highest BCUT2D eigenvalue weighted by Crippen LogP contribution is 2.27. The van der Waals surface area contributed by atoms with E-state index in [1.165, 1.54) is 5.69 Å². The lowest BCUT2D eigenvalue weighted by Gasteiger charge is -2.33. The number of aryl methyl sites for hydroxylation is 1. The SMILES string of the molecule is COC1CCCCN(CC(=O)N2CCC(c3ccnn3C)CC2)C1=O. The summed E-state index contributed by atoms with van der Waals surface area (Å²) in [7, 11) is 3.53. The van der Waals surface area contributed by atoms with E-state index in [1.54, 1.807) is 12.0 Å². The molecule has 1 aromatic heterocycles. The molecule has 0 aromatic carbocycles. The fourth-order valence-corrected chi connectivity index (χ4v) is 3.92. The van der Waals surface area contributed by atoms with E-state index in [-0.39, 0.29) is 18.4 Å². The van der Waals surface area contributed by atoms with Crippen molar-refractivity contribution in [1.29, 1.82) is 0 Å². The highest BCUT2D eigenvalue weighted by Gasteiger charge is 2.31. The first-order valence-corrected chi connectivity index (χ1v) is 9.17. The van der Waals surface area contributed by atoms with Crippen LogP contribution in [0.4, 0.5) is 0 Å². The number of nitrogens with zero attached hydrogens (tertiary/aromatic N) is 4. The molecular weight excluding hydrogens is 320 g/mol. The summed E-state index contributed by atoms with van der Waals surface area (Å²) >= 11 is 0. The molecule has 1 atom stereocenters. The molecule has 25 heavy (non-hydrogen) atoms. The third-order valence-electron chi connectivity index (χ3n) is 5.47. The maximum Gasteiger partial charge on any atom is 0.252 e. The normalized spacial score (nSPS) is 23.0. The van der Waals surface area contributed by atoms with E-state index in [4.69, 9.17) is 4.74 Å². The maximum absolute atomic E-state index is 12.7. The van der Waals surface area contributed by atoms with Gasteiger partial charge in [0, 0.05) is 51.6 Å². The molecule has 0 aliphatic carbocycles. The van der Waals surface area contributed by atoms with Gasteiger partial charge in [-0.3, -0.25) is 14.3 Å². The van der Waals surface area contributed by atoms with Crippen molar-refractivity contribution >= 4 is 11.8 Å². The van der Waals surface area contributed by atoms with Crippen LogP contribution in [0.25, 0.3) is 0 Å². The van der Waals surface area contributed by atoms with E-state index in [9.17, 15) is 9.59 Å². The first-order valence-electron chi connectivity index (χ1n) is 9.17. The minimum absolute atomic E-state index is 0.0434. The number of amides is 2. The van der Waals surface area contributed by atoms with Gasteiger partial charge in [-0.05, 0) is 38.2 Å². The number of hydrogen-bond acceptors (Lipinski definition) is 4. The molecule has 0 spiro atoms. The van der Waals surface area contributed by atoms with Crippen LogP contribution < -0.4 is 0 Å². The summed E-state index contributed by atoms with van der Waals surface area (Å²) < 4.78 is 7.20. The number of carbonyl (C=O) groups excluding carboxylic acids is 2. The number of carbonyl (C=O) groups is 2. The highest BCUT2D eigenvalue weighted by molar-refractivity contribution is 5.87. The zero-order valence-corrected chi connectivity index (χ0v) is 15.2. The summed E-state index contributed by atoms with van der Waals surface area (Å²) in [5.74, 6) is 0.459. The third kappa shape index (κ3) is 4.03. The summed E-state index contributed by atoms with van der Waals surface area (Å²) in [5, 5.41) is 4.24. The van der Waals surface area contributed by atoms with Gasteiger partial charge in [0.1, 0.15) is 6.10 Å². The molecule has 2 amide bonds. The summed E-state index contributed by atoms with van der Waals surface area (Å²) in [6.07, 6.45) is 5.96. The molecule has 2 fully saturated rings. The number of likely N-dealkylation sites (tertiary alicyclic amines) is 2. The third-order valence-corrected chi connectivity index (χ3v) is 5.47. The minimum Gasteiger partial charge on any atom is -0.372 e. The van der Waals surface area contributed by atoms with Crippen molar-refractivity contribution in [1.82, 2.24) is 19.6 Å². The van der Waals surface area contributed by atoms with Gasteiger partial charge in [0.2, 0.25) is 5.91 Å². The molecule has 0 N–H and O–H groups in total. The van der Waals surface area contributed by atoms with Crippen LogP contribution in [0, 0.1) is 0 Å². The summed E-state index contributed by atoms with van der Waals surface area (Å²) in [6.45, 7) is 2.31. The molecule has 1 unspecified atom stereocenters. The van der Waals surface area contributed by atoms with Crippen molar-refractivity contribution in [2.24, 2.45) is 7.05 Å². The molecule has 0 radical (unpaired) electrons. The predicted molar refractivity (Wildman–Crippen MR) is 93.0 cm³/mol. The Hall–Kier alpha value is -1.89. The molecule has 0 saturated carbocycles. The molecule has 7 heteroatoms. The number of rotatable bonds is 4. The van der Waals surface area contributed by atoms with Crippen molar-refractivity contribution in [3.8, 4) is 0 Å². The average Bonchev–Trinajstić information content (AvgIpc) is 2.98. The quantitative estimate of drug-likeness (QED) is 0.819. The summed E-state index contributed by atoms with van der Waals surface area (Å²) in [5.41, 5.74) is 1.23. The smallest absolute Gasteiger partial charge is 0.252 e. The number of methoxy groups -OCH3 is 1. The van der Waals surface area contributed by atoms with Crippen molar-refractivity contribution in [2.75, 3.05) is 33.3 Å². The van der Waals surface area contributed by atoms with Crippen molar-refractivity contribution in [3.05, 3.63) is 18.0 Å². The van der Waals surface area contributed by atoms with E-state index in [2.05, 4.69) is 11.2 Å². The molecule has 3 heterocycles. The second-order valence-electron chi connectivity index (χ2n) is 7.01. The highest BCUT2D eigenvalue weighted by atomic mass is 16.5. The second-order valence-corrected chi connectivity index (χ2v) is 7.01. The number of piperidine rings is 1. The first-order chi connectivity index (χ1) is 12.1. The Morgan fingerprint density at radius 2 is 2.00 bits per heavy atom. The standard InChI is InChI=1S/C18H28N4O3/c1-20-15(6-9-19-20)14-7-11-21(12-8-14)17(23)13-22-10-4-3-5-16(25-2)18(22)24/h6,9,14,16H,3-5,7-8,10-13H2,1-2H3. The van der Waals surface area contributed by atoms with Crippen LogP contribution in [0.3, 0.4) is 0 Å². The fourth-order valence-electron chi connectivity index (χ4n) is 3.92. The molecule has 3 rings (SSSR count). The molecule has 2 saturated heterocycles. The molecule has 2 aliphatic rings. The monoisotopic (exact) mass is 348 g/mol. The largest absolute Gasteiger partial charge is 0.372 e. The Balaban J connectivity index is 1.54. The minimum atomic E-state index is -0.397. The lowest BCUT2D eigenvalue weighted by Crippen LogP contribution is -2.47. The van der Waals surface area contributed by atoms with Gasteiger partial charge in [0.15, 0.2) is 0 Å². The summed E-state index contributed by atoms with van der Waals surface area (Å²) in [6, 6.07) is 2.06. The lowest BCUT2D eigenvalue weighted by atomic mass is 9.93. The zero-order valence-electron chi connectivity index (χ0n) is 15.2. The van der Waals surface area contributed by atoms with Crippen LogP contribution in [0.2, 0.25) is 0 Å². The predicted octanol–water partition coefficient (Wildman–Crippen LogP) is 1.15. The van der Waals surface area contributed by atoms with Crippen molar-refractivity contribution < 1.29 is 14.3 Å². The van der Waals surface area contributed by atoms with Gasteiger partial charge in [0.05, 0.1) is 6.54 Å². The van der Waals surface area contributed by atoms with Crippen LogP contribution in [0.5, 0.6) is 0 Å². The Bertz CT molecular complexity index is 607. The molecule has 7 nitrogen and oxygen atoms in total. The number of hydrogen-bond donors (Lipinski definition) is 0. The number of ether oxygens (including phenoxy) is 1. The maximum atomic E-state index is 12.7. The summed E-state index contributed by atoms with van der Waals surface area (Å²) in [4.78, 5) is 28.7. The van der Waals surface area contributed by atoms with Gasteiger partial charge in [-0.15, -0.1) is 0 Å². The second kappa shape index (κ2) is 7.99. The Kier molecular flexibility index (Phi) is 5.73. The van der Waals surface area contributed by atoms with Crippen molar-refractivity contribution in [3.63, 3.8) is 0 Å². The van der Waals surface area contributed by atoms with E-state index in [1.807, 2.05) is 22.8 Å². The fraction of sp³-hybridized carbons (Fsp3) is 0.722. The molecule has 2 aliphatic heterocycles. The topological polar surface area (TPSA) is 67.7 Å². The number of aromatic nitrogens is 2. The van der Waals surface area contributed by atoms with Crippen LogP contribution in [0.15, 0.2) is 12.3 Å². The molecule has 138 valence electrons. The first kappa shape index (κ1) is 17.9. The molecule has 0 bridgehead atoms. The van der Waals surface area contributed by atoms with Crippen LogP contribution in [-0.2, 0) is 21.4 Å². The van der Waals surface area contributed by atoms with Crippen molar-refractivity contribution in [2.45, 2.75) is 44.1 Å². The molecule has 1 aromatic rings. The Morgan fingerprint density at radius 3 is 2.64 bits per heavy atom. The van der Waals surface area contributed by atoms with E-state index >= 15 is 0 Å². The van der Waals surface area contributed by atoms with Gasteiger partial charge in [-0.2, -0.15) is 5.10 Å². The van der Waals surface area contributed by atoms with Gasteiger partial charge in [-0.1, -0.05) is 0 Å². The molecular formula is C18H28N4O3. The van der Waals surface area contributed by atoms with Gasteiger partial charge >= 0.3 is 0 Å². The lowest BCUT2D eigenvalue weighted by molar-refractivity contribution is -0.146. The van der Waals surface area contributed by atoms with Gasteiger partial charge < -0.3 is 14.5 Å². The van der Waals surface area contributed by atoms with Crippen LogP contribution in [-0.4, -0.2) is 70.8 Å². The Labute approximate surface area is 148 Å². The average molecular weight is 348 g/mol. The van der Waals surface area contributed by atoms with Crippen LogP contribution in [0.1, 0.15) is 43.7 Å². The Morgan fingerprint density at radius 1 is 1.24 bits per heavy atom.